The lowest BCUT2D eigenvalue weighted by Gasteiger charge is -2.27. The van der Waals surface area contributed by atoms with Crippen LogP contribution in [0.4, 0.5) is 0 Å². The highest BCUT2D eigenvalue weighted by atomic mass is 32.2. The number of H-pyrrole nitrogens is 3. The zero-order valence-electron chi connectivity index (χ0n) is 45.0. The Bertz CT molecular complexity index is 3600. The van der Waals surface area contributed by atoms with Gasteiger partial charge >= 0.3 is 0 Å². The highest BCUT2D eigenvalue weighted by Crippen LogP contribution is 2.24. The van der Waals surface area contributed by atoms with E-state index in [0.29, 0.717) is 22.8 Å². The molecule has 0 spiro atoms. The van der Waals surface area contributed by atoms with Crippen LogP contribution in [-0.2, 0) is 65.3 Å². The summed E-state index contributed by atoms with van der Waals surface area (Å²) in [5.74, 6) is -1.71. The first-order valence-corrected chi connectivity index (χ1v) is 30.5. The number of aromatic amines is 3. The minimum atomic E-state index is -1.31. The quantitative estimate of drug-likeness (QED) is 0.0226. The Kier molecular flexibility index (Phi) is 20.6. The number of nitrogens with one attached hydrogen (secondary N) is 8. The molecule has 6 amide bonds. The SMILES string of the molecule is NC(=O)[C@H](CSCc1ccccc1)NC(=O)[C@H](Cc1c[nH]c2ccccc12)NC(=O)[C@H](Cc1c[nH]c2ccccc12)NC(=O)[C@H](CSCc1ccccc1)NC(=O)[C@H](Cc1c[nH]c2ccccc12)NC(=O)[C@@H](N)CSCc1ccccc1. The largest absolute Gasteiger partial charge is 0.368 e. The number of primary amides is 1. The summed E-state index contributed by atoms with van der Waals surface area (Å²) in [7, 11) is 0. The number of hydrogen-bond donors (Lipinski definition) is 10. The van der Waals surface area contributed by atoms with E-state index in [9.17, 15) is 19.2 Å². The Hall–Kier alpha value is -8.23. The summed E-state index contributed by atoms with van der Waals surface area (Å²) in [6, 6.07) is 45.0. The van der Waals surface area contributed by atoms with Crippen molar-refractivity contribution in [3.8, 4) is 0 Å². The van der Waals surface area contributed by atoms with Crippen LogP contribution >= 0.6 is 35.3 Å². The van der Waals surface area contributed by atoms with Crippen molar-refractivity contribution in [2.75, 3.05) is 17.3 Å². The summed E-state index contributed by atoms with van der Waals surface area (Å²) in [6.07, 6.45) is 5.38. The molecule has 6 atom stereocenters. The molecule has 19 heteroatoms. The van der Waals surface area contributed by atoms with Gasteiger partial charge in [-0.15, -0.1) is 0 Å². The van der Waals surface area contributed by atoms with E-state index in [-0.39, 0.29) is 36.5 Å². The van der Waals surface area contributed by atoms with E-state index in [2.05, 4.69) is 41.5 Å². The molecular weight excluding hydrogens is 1090 g/mol. The lowest BCUT2D eigenvalue weighted by Crippen LogP contribution is -2.61. The minimum absolute atomic E-state index is 0.00565. The number of rotatable bonds is 29. The molecule has 16 nitrogen and oxygen atoms in total. The average molecular weight is 1160 g/mol. The van der Waals surface area contributed by atoms with Gasteiger partial charge in [0.05, 0.1) is 6.04 Å². The van der Waals surface area contributed by atoms with Crippen LogP contribution in [0.15, 0.2) is 182 Å². The van der Waals surface area contributed by atoms with E-state index < -0.39 is 71.7 Å². The van der Waals surface area contributed by atoms with Crippen LogP contribution in [0.5, 0.6) is 0 Å². The second kappa shape index (κ2) is 29.0. The highest BCUT2D eigenvalue weighted by molar-refractivity contribution is 7.99. The van der Waals surface area contributed by atoms with Crippen molar-refractivity contribution in [1.82, 2.24) is 41.5 Å². The van der Waals surface area contributed by atoms with Gasteiger partial charge < -0.3 is 53.0 Å². The molecule has 0 radical (unpaired) electrons. The van der Waals surface area contributed by atoms with Gasteiger partial charge in [-0.05, 0) is 51.6 Å². The Morgan fingerprint density at radius 1 is 0.366 bits per heavy atom. The van der Waals surface area contributed by atoms with Crippen molar-refractivity contribution in [2.24, 2.45) is 11.5 Å². The van der Waals surface area contributed by atoms with E-state index >= 15 is 9.59 Å². The van der Waals surface area contributed by atoms with Crippen molar-refractivity contribution in [1.29, 1.82) is 0 Å². The van der Waals surface area contributed by atoms with Crippen LogP contribution in [0, 0.1) is 0 Å². The first-order valence-electron chi connectivity index (χ1n) is 27.0. The van der Waals surface area contributed by atoms with Gasteiger partial charge in [0.15, 0.2) is 0 Å². The van der Waals surface area contributed by atoms with Gasteiger partial charge in [0.25, 0.3) is 0 Å². The molecule has 9 aromatic rings. The second-order valence-corrected chi connectivity index (χ2v) is 23.1. The van der Waals surface area contributed by atoms with Crippen LogP contribution in [0.2, 0.25) is 0 Å². The average Bonchev–Trinajstić information content (AvgIpc) is 4.24. The molecule has 0 aliphatic rings. The third kappa shape index (κ3) is 16.0. The first kappa shape index (κ1) is 58.4. The molecule has 3 aromatic heterocycles. The molecule has 12 N–H and O–H groups in total. The molecular formula is C63H66N10O6S3. The summed E-state index contributed by atoms with van der Waals surface area (Å²) in [5.41, 5.74) is 20.2. The van der Waals surface area contributed by atoms with Crippen LogP contribution in [0.1, 0.15) is 33.4 Å². The topological polar surface area (TPSA) is 262 Å². The molecule has 0 bridgehead atoms. The molecule has 0 saturated heterocycles. The fourth-order valence-electron chi connectivity index (χ4n) is 9.63. The number of hydrogen-bond acceptors (Lipinski definition) is 10. The third-order valence-corrected chi connectivity index (χ3v) is 17.4. The van der Waals surface area contributed by atoms with Crippen LogP contribution < -0.4 is 38.1 Å². The maximum absolute atomic E-state index is 15.2. The van der Waals surface area contributed by atoms with Crippen molar-refractivity contribution in [3.63, 3.8) is 0 Å². The standard InChI is InChI=1S/C63H66N10O6S3/c64-49(37-80-34-40-16-4-1-5-17-40)59(75)69-53(28-43-31-66-50-25-13-10-22-46(43)50)62(78)73-57(39-82-36-42-20-8-3-9-21-42)63(79)71-54(29-44-32-67-51-26-14-11-23-47(44)51)60(76)70-55(30-45-33-68-52-27-15-12-24-48(45)52)61(77)72-56(58(65)74)38-81-35-41-18-6-2-7-19-41/h1-27,31-33,49,53-57,66-68H,28-30,34-39,64H2,(H2,65,74)(H,69,75)(H,70,76)(H,71,79)(H,72,77)(H,73,78)/t49-,53-,54-,55-,56-,57-/m0/s1. The minimum Gasteiger partial charge on any atom is -0.368 e. The van der Waals surface area contributed by atoms with Crippen molar-refractivity contribution < 1.29 is 28.8 Å². The zero-order valence-corrected chi connectivity index (χ0v) is 47.4. The Morgan fingerprint density at radius 3 is 1.04 bits per heavy atom. The molecule has 6 aromatic carbocycles. The summed E-state index contributed by atoms with van der Waals surface area (Å²) in [5, 5.41) is 17.2. The van der Waals surface area contributed by atoms with Gasteiger partial charge in [-0.2, -0.15) is 35.3 Å². The summed E-state index contributed by atoms with van der Waals surface area (Å²) >= 11 is 4.35. The maximum Gasteiger partial charge on any atom is 0.244 e. The van der Waals surface area contributed by atoms with Gasteiger partial charge in [0.2, 0.25) is 35.4 Å². The number of thioether (sulfide) groups is 3. The Balaban J connectivity index is 0.991. The second-order valence-electron chi connectivity index (χ2n) is 20.0. The van der Waals surface area contributed by atoms with Gasteiger partial charge in [-0.1, -0.05) is 146 Å². The lowest BCUT2D eigenvalue weighted by atomic mass is 10.0. The molecule has 422 valence electrons. The molecule has 0 fully saturated rings. The molecule has 3 heterocycles. The maximum atomic E-state index is 15.2. The molecule has 0 aliphatic carbocycles. The Morgan fingerprint density at radius 2 is 0.659 bits per heavy atom. The fourth-order valence-corrected chi connectivity index (χ4v) is 12.6. The number of fused-ring (bicyclic) bond motifs is 3. The highest BCUT2D eigenvalue weighted by Gasteiger charge is 2.34. The van der Waals surface area contributed by atoms with Crippen LogP contribution in [0.25, 0.3) is 32.7 Å². The molecule has 0 saturated carbocycles. The number of carbonyl (C=O) groups excluding carboxylic acids is 6. The number of amides is 6. The number of benzene rings is 6. The van der Waals surface area contributed by atoms with E-state index in [1.54, 1.807) is 18.6 Å². The van der Waals surface area contributed by atoms with Gasteiger partial charge in [0.1, 0.15) is 30.2 Å². The van der Waals surface area contributed by atoms with Gasteiger partial charge in [0, 0.05) is 105 Å². The van der Waals surface area contributed by atoms with Gasteiger partial charge in [-0.25, -0.2) is 0 Å². The summed E-state index contributed by atoms with van der Waals surface area (Å²) < 4.78 is 0. The number of para-hydroxylation sites is 3. The zero-order chi connectivity index (χ0) is 57.2. The van der Waals surface area contributed by atoms with Crippen molar-refractivity contribution in [3.05, 3.63) is 216 Å². The molecule has 0 unspecified atom stereocenters. The lowest BCUT2D eigenvalue weighted by molar-refractivity contribution is -0.134. The van der Waals surface area contributed by atoms with E-state index in [4.69, 9.17) is 11.5 Å². The normalized spacial score (nSPS) is 13.6. The van der Waals surface area contributed by atoms with Crippen molar-refractivity contribution >= 4 is 103 Å². The Labute approximate surface area is 488 Å². The first-order chi connectivity index (χ1) is 39.9. The van der Waals surface area contributed by atoms with Gasteiger partial charge in [-0.3, -0.25) is 28.8 Å². The third-order valence-electron chi connectivity index (χ3n) is 14.0. The number of nitrogens with two attached hydrogens (primary N) is 2. The van der Waals surface area contributed by atoms with Crippen molar-refractivity contribution in [2.45, 2.75) is 72.8 Å². The molecule has 9 rings (SSSR count). The van der Waals surface area contributed by atoms with E-state index in [0.717, 1.165) is 60.5 Å². The smallest absolute Gasteiger partial charge is 0.244 e. The van der Waals surface area contributed by atoms with Crippen LogP contribution in [-0.4, -0.2) is 104 Å². The summed E-state index contributed by atoms with van der Waals surface area (Å²) in [4.78, 5) is 96.6. The number of aromatic nitrogens is 3. The fraction of sp³-hybridized carbons (Fsp3) is 0.238. The molecule has 0 aliphatic heterocycles. The van der Waals surface area contributed by atoms with E-state index in [1.807, 2.05) is 164 Å². The summed E-state index contributed by atoms with van der Waals surface area (Å²) in [6.45, 7) is 0. The predicted octanol–water partition coefficient (Wildman–Crippen LogP) is 7.20. The number of carbonyl (C=O) groups is 6. The predicted molar refractivity (Wildman–Crippen MR) is 331 cm³/mol. The molecule has 82 heavy (non-hydrogen) atoms. The van der Waals surface area contributed by atoms with Crippen LogP contribution in [0.3, 0.4) is 0 Å². The van der Waals surface area contributed by atoms with E-state index in [1.165, 1.54) is 35.3 Å². The monoisotopic (exact) mass is 1150 g/mol.